The van der Waals surface area contributed by atoms with Crippen LogP contribution in [0.15, 0.2) is 54.9 Å². The van der Waals surface area contributed by atoms with E-state index in [9.17, 15) is 4.79 Å². The lowest BCUT2D eigenvalue weighted by atomic mass is 9.87. The Morgan fingerprint density at radius 3 is 2.61 bits per heavy atom. The third-order valence-corrected chi connectivity index (χ3v) is 5.59. The minimum Gasteiger partial charge on any atom is -0.383 e. The zero-order valence-electron chi connectivity index (χ0n) is 17.0. The standard InChI is InChI=1S/C23H31N3O2/c1-3-25(16-20-11-13-24-14-12-20)23(27)21-10-7-15-26(22(21)18-28-2)17-19-8-5-4-6-9-19/h4-6,8-9,11-14,21-22H,3,7,10,15-18H2,1-2H3/t21-,22-/m1/s1. The minimum absolute atomic E-state index is 0.0285. The van der Waals surface area contributed by atoms with Gasteiger partial charge in [0.1, 0.15) is 0 Å². The second-order valence-corrected chi connectivity index (χ2v) is 7.44. The van der Waals surface area contributed by atoms with Crippen molar-refractivity contribution in [3.05, 3.63) is 66.0 Å². The van der Waals surface area contributed by atoms with Gasteiger partial charge >= 0.3 is 0 Å². The summed E-state index contributed by atoms with van der Waals surface area (Å²) in [5.41, 5.74) is 2.39. The SMILES string of the molecule is CCN(Cc1ccncc1)C(=O)[C@@H]1CCCN(Cc2ccccc2)[C@@H]1COC. The number of rotatable bonds is 8. The largest absolute Gasteiger partial charge is 0.383 e. The van der Waals surface area contributed by atoms with Gasteiger partial charge in [0.2, 0.25) is 5.91 Å². The van der Waals surface area contributed by atoms with Crippen molar-refractivity contribution in [3.63, 3.8) is 0 Å². The molecule has 0 unspecified atom stereocenters. The Morgan fingerprint density at radius 2 is 1.93 bits per heavy atom. The van der Waals surface area contributed by atoms with Crippen molar-refractivity contribution in [2.75, 3.05) is 26.8 Å². The number of hydrogen-bond acceptors (Lipinski definition) is 4. The molecule has 0 N–H and O–H groups in total. The Balaban J connectivity index is 1.74. The van der Waals surface area contributed by atoms with E-state index in [2.05, 4.69) is 41.1 Å². The highest BCUT2D eigenvalue weighted by Gasteiger charge is 2.37. The van der Waals surface area contributed by atoms with E-state index in [1.54, 1.807) is 19.5 Å². The number of nitrogens with zero attached hydrogens (tertiary/aromatic N) is 3. The van der Waals surface area contributed by atoms with Crippen molar-refractivity contribution in [2.24, 2.45) is 5.92 Å². The quantitative estimate of drug-likeness (QED) is 0.703. The monoisotopic (exact) mass is 381 g/mol. The van der Waals surface area contributed by atoms with Gasteiger partial charge in [-0.05, 0) is 49.6 Å². The molecule has 2 atom stereocenters. The first kappa shape index (κ1) is 20.5. The molecule has 1 aliphatic heterocycles. The van der Waals surface area contributed by atoms with Gasteiger partial charge in [-0.3, -0.25) is 14.7 Å². The number of carbonyl (C=O) groups is 1. The van der Waals surface area contributed by atoms with Crippen LogP contribution in [0.5, 0.6) is 0 Å². The fourth-order valence-electron chi connectivity index (χ4n) is 4.11. The predicted molar refractivity (Wildman–Crippen MR) is 111 cm³/mol. The molecule has 5 heteroatoms. The smallest absolute Gasteiger partial charge is 0.227 e. The number of benzene rings is 1. The van der Waals surface area contributed by atoms with Crippen molar-refractivity contribution >= 4 is 5.91 Å². The maximum atomic E-state index is 13.4. The molecule has 150 valence electrons. The Morgan fingerprint density at radius 1 is 1.18 bits per heavy atom. The summed E-state index contributed by atoms with van der Waals surface area (Å²) in [6, 6.07) is 14.5. The van der Waals surface area contributed by atoms with E-state index >= 15 is 0 Å². The maximum Gasteiger partial charge on any atom is 0.227 e. The van der Waals surface area contributed by atoms with Gasteiger partial charge in [0.25, 0.3) is 0 Å². The Kier molecular flexibility index (Phi) is 7.57. The fraction of sp³-hybridized carbons (Fsp3) is 0.478. The van der Waals surface area contributed by atoms with Crippen LogP contribution in [0.25, 0.3) is 0 Å². The third kappa shape index (κ3) is 5.18. The molecule has 0 saturated carbocycles. The number of hydrogen-bond donors (Lipinski definition) is 0. The second-order valence-electron chi connectivity index (χ2n) is 7.44. The van der Waals surface area contributed by atoms with Crippen LogP contribution in [-0.2, 0) is 22.6 Å². The van der Waals surface area contributed by atoms with Gasteiger partial charge < -0.3 is 9.64 Å². The van der Waals surface area contributed by atoms with Gasteiger partial charge in [-0.1, -0.05) is 30.3 Å². The fourth-order valence-corrected chi connectivity index (χ4v) is 4.11. The highest BCUT2D eigenvalue weighted by molar-refractivity contribution is 5.79. The summed E-state index contributed by atoms with van der Waals surface area (Å²) in [7, 11) is 1.73. The van der Waals surface area contributed by atoms with Gasteiger partial charge in [0.05, 0.1) is 12.5 Å². The van der Waals surface area contributed by atoms with Crippen molar-refractivity contribution in [1.29, 1.82) is 0 Å². The summed E-state index contributed by atoms with van der Waals surface area (Å²) < 4.78 is 5.54. The van der Waals surface area contributed by atoms with Gasteiger partial charge in [-0.25, -0.2) is 0 Å². The van der Waals surface area contributed by atoms with Crippen LogP contribution in [0, 0.1) is 5.92 Å². The van der Waals surface area contributed by atoms with E-state index in [-0.39, 0.29) is 17.9 Å². The number of pyridine rings is 1. The van der Waals surface area contributed by atoms with E-state index in [4.69, 9.17) is 4.74 Å². The summed E-state index contributed by atoms with van der Waals surface area (Å²) in [6.07, 6.45) is 5.52. The maximum absolute atomic E-state index is 13.4. The number of ether oxygens (including phenoxy) is 1. The molecule has 1 aromatic heterocycles. The molecule has 1 aromatic carbocycles. The molecular weight excluding hydrogens is 350 g/mol. The van der Waals surface area contributed by atoms with Crippen LogP contribution in [-0.4, -0.2) is 53.5 Å². The number of methoxy groups -OCH3 is 1. The number of carbonyl (C=O) groups excluding carboxylic acids is 1. The minimum atomic E-state index is -0.0285. The molecule has 0 bridgehead atoms. The highest BCUT2D eigenvalue weighted by atomic mass is 16.5. The number of piperidine rings is 1. The third-order valence-electron chi connectivity index (χ3n) is 5.59. The molecule has 0 radical (unpaired) electrons. The van der Waals surface area contributed by atoms with Crippen LogP contribution >= 0.6 is 0 Å². The van der Waals surface area contributed by atoms with E-state index < -0.39 is 0 Å². The average Bonchev–Trinajstić information content (AvgIpc) is 2.74. The number of amides is 1. The zero-order valence-corrected chi connectivity index (χ0v) is 17.0. The molecule has 0 aliphatic carbocycles. The molecule has 1 aliphatic rings. The Labute approximate surface area is 168 Å². The van der Waals surface area contributed by atoms with E-state index in [1.807, 2.05) is 23.1 Å². The van der Waals surface area contributed by atoms with Crippen LogP contribution in [0.1, 0.15) is 30.9 Å². The Bertz CT molecular complexity index is 723. The molecule has 2 aromatic rings. The predicted octanol–water partition coefficient (Wildman–Crippen LogP) is 3.36. The van der Waals surface area contributed by atoms with Crippen molar-refractivity contribution in [2.45, 2.75) is 38.9 Å². The molecule has 1 saturated heterocycles. The molecular formula is C23H31N3O2. The van der Waals surface area contributed by atoms with E-state index in [1.165, 1.54) is 5.56 Å². The first-order chi connectivity index (χ1) is 13.7. The van der Waals surface area contributed by atoms with E-state index in [0.29, 0.717) is 19.7 Å². The first-order valence-corrected chi connectivity index (χ1v) is 10.2. The van der Waals surface area contributed by atoms with Crippen molar-refractivity contribution in [1.82, 2.24) is 14.8 Å². The lowest BCUT2D eigenvalue weighted by molar-refractivity contribution is -0.141. The molecule has 3 rings (SSSR count). The Hall–Kier alpha value is -2.24. The normalized spacial score (nSPS) is 20.1. The summed E-state index contributed by atoms with van der Waals surface area (Å²) in [4.78, 5) is 21.9. The molecule has 2 heterocycles. The van der Waals surface area contributed by atoms with Gasteiger partial charge in [0.15, 0.2) is 0 Å². The van der Waals surface area contributed by atoms with Crippen LogP contribution in [0.2, 0.25) is 0 Å². The average molecular weight is 382 g/mol. The topological polar surface area (TPSA) is 45.7 Å². The molecule has 28 heavy (non-hydrogen) atoms. The van der Waals surface area contributed by atoms with Crippen LogP contribution in [0.3, 0.4) is 0 Å². The molecule has 1 fully saturated rings. The van der Waals surface area contributed by atoms with Crippen LogP contribution < -0.4 is 0 Å². The highest BCUT2D eigenvalue weighted by Crippen LogP contribution is 2.28. The molecule has 0 spiro atoms. The van der Waals surface area contributed by atoms with Gasteiger partial charge in [-0.2, -0.15) is 0 Å². The lowest BCUT2D eigenvalue weighted by Gasteiger charge is -2.42. The van der Waals surface area contributed by atoms with Crippen LogP contribution in [0.4, 0.5) is 0 Å². The lowest BCUT2D eigenvalue weighted by Crippen LogP contribution is -2.53. The molecule has 1 amide bonds. The second kappa shape index (κ2) is 10.3. The first-order valence-electron chi connectivity index (χ1n) is 10.2. The summed E-state index contributed by atoms with van der Waals surface area (Å²) in [5.74, 6) is 0.207. The number of aromatic nitrogens is 1. The van der Waals surface area contributed by atoms with E-state index in [0.717, 1.165) is 31.5 Å². The van der Waals surface area contributed by atoms with Crippen molar-refractivity contribution in [3.8, 4) is 0 Å². The molecule has 5 nitrogen and oxygen atoms in total. The zero-order chi connectivity index (χ0) is 19.8. The van der Waals surface area contributed by atoms with Gasteiger partial charge in [-0.15, -0.1) is 0 Å². The summed E-state index contributed by atoms with van der Waals surface area (Å²) in [6.45, 7) is 5.83. The summed E-state index contributed by atoms with van der Waals surface area (Å²) >= 11 is 0. The van der Waals surface area contributed by atoms with Crippen molar-refractivity contribution < 1.29 is 9.53 Å². The summed E-state index contributed by atoms with van der Waals surface area (Å²) in [5, 5.41) is 0. The number of likely N-dealkylation sites (tertiary alicyclic amines) is 1. The van der Waals surface area contributed by atoms with Gasteiger partial charge in [0, 0.05) is 45.2 Å².